The number of hydrogen-bond acceptors (Lipinski definition) is 3. The summed E-state index contributed by atoms with van der Waals surface area (Å²) in [6.07, 6.45) is 7.80. The Balaban J connectivity index is 1.98. The predicted octanol–water partition coefficient (Wildman–Crippen LogP) is 2.64. The minimum atomic E-state index is 0.278. The molecule has 3 heteroatoms. The van der Waals surface area contributed by atoms with E-state index in [1.165, 1.54) is 51.6 Å². The molecule has 1 aliphatic carbocycles. The van der Waals surface area contributed by atoms with Gasteiger partial charge in [-0.2, -0.15) is 0 Å². The van der Waals surface area contributed by atoms with Gasteiger partial charge in [-0.3, -0.25) is 4.90 Å². The van der Waals surface area contributed by atoms with Crippen molar-refractivity contribution in [1.29, 1.82) is 0 Å². The Morgan fingerprint density at radius 2 is 1.89 bits per heavy atom. The van der Waals surface area contributed by atoms with Crippen LogP contribution in [0.1, 0.15) is 52.4 Å². The lowest BCUT2D eigenvalue weighted by Gasteiger charge is -2.53. The van der Waals surface area contributed by atoms with Crippen molar-refractivity contribution < 1.29 is 4.74 Å². The molecule has 1 aliphatic heterocycles. The van der Waals surface area contributed by atoms with Gasteiger partial charge < -0.3 is 10.5 Å². The lowest BCUT2D eigenvalue weighted by molar-refractivity contribution is -0.0182. The summed E-state index contributed by atoms with van der Waals surface area (Å²) in [5, 5.41) is 0. The number of likely N-dealkylation sites (tertiary alicyclic amines) is 1. The molecule has 1 atom stereocenters. The number of hydrogen-bond donors (Lipinski definition) is 1. The molecule has 1 saturated carbocycles. The molecule has 1 saturated heterocycles. The summed E-state index contributed by atoms with van der Waals surface area (Å²) >= 11 is 0. The SMILES string of the molecule is COCC1CCN(C2(CN)CCCC(C)(C)C2)CC1. The molecule has 0 aromatic heterocycles. The highest BCUT2D eigenvalue weighted by molar-refractivity contribution is 5.00. The van der Waals surface area contributed by atoms with E-state index < -0.39 is 0 Å². The van der Waals surface area contributed by atoms with Crippen LogP contribution in [-0.2, 0) is 4.74 Å². The molecule has 0 radical (unpaired) electrons. The maximum absolute atomic E-state index is 6.22. The fourth-order valence-electron chi connectivity index (χ4n) is 4.35. The molecule has 2 N–H and O–H groups in total. The third-order valence-corrected chi connectivity index (χ3v) is 5.37. The smallest absolute Gasteiger partial charge is 0.0491 e. The van der Waals surface area contributed by atoms with Crippen LogP contribution in [0.5, 0.6) is 0 Å². The van der Waals surface area contributed by atoms with E-state index in [0.717, 1.165) is 19.1 Å². The monoisotopic (exact) mass is 268 g/mol. The average Bonchev–Trinajstić information content (AvgIpc) is 2.38. The van der Waals surface area contributed by atoms with Crippen LogP contribution >= 0.6 is 0 Å². The standard InChI is InChI=1S/C16H32N2O/c1-15(2)7-4-8-16(12-15,13-17)18-9-5-14(6-10-18)11-19-3/h14H,4-13,17H2,1-3H3. The van der Waals surface area contributed by atoms with Crippen LogP contribution in [0.15, 0.2) is 0 Å². The summed E-state index contributed by atoms with van der Waals surface area (Å²) in [6, 6.07) is 0. The summed E-state index contributed by atoms with van der Waals surface area (Å²) in [5.41, 5.74) is 6.95. The van der Waals surface area contributed by atoms with E-state index in [0.29, 0.717) is 5.41 Å². The summed E-state index contributed by atoms with van der Waals surface area (Å²) in [5.74, 6) is 0.757. The molecule has 2 fully saturated rings. The van der Waals surface area contributed by atoms with Crippen LogP contribution < -0.4 is 5.73 Å². The van der Waals surface area contributed by atoms with Crippen molar-refractivity contribution in [3.8, 4) is 0 Å². The van der Waals surface area contributed by atoms with Gasteiger partial charge in [0.05, 0.1) is 0 Å². The number of rotatable bonds is 4. The topological polar surface area (TPSA) is 38.5 Å². The summed E-state index contributed by atoms with van der Waals surface area (Å²) in [6.45, 7) is 8.99. The van der Waals surface area contributed by atoms with Crippen LogP contribution in [0.4, 0.5) is 0 Å². The van der Waals surface area contributed by atoms with Crippen LogP contribution in [0.25, 0.3) is 0 Å². The molecule has 2 rings (SSSR count). The molecule has 1 unspecified atom stereocenters. The fraction of sp³-hybridized carbons (Fsp3) is 1.00. The highest BCUT2D eigenvalue weighted by Crippen LogP contribution is 2.44. The zero-order valence-electron chi connectivity index (χ0n) is 13.1. The van der Waals surface area contributed by atoms with E-state index in [1.807, 2.05) is 7.11 Å². The van der Waals surface area contributed by atoms with Crippen molar-refractivity contribution in [2.75, 3.05) is 33.4 Å². The second-order valence-corrected chi connectivity index (χ2v) is 7.51. The molecule has 112 valence electrons. The van der Waals surface area contributed by atoms with Crippen LogP contribution in [0, 0.1) is 11.3 Å². The largest absolute Gasteiger partial charge is 0.384 e. The maximum Gasteiger partial charge on any atom is 0.0491 e. The van der Waals surface area contributed by atoms with Crippen molar-refractivity contribution in [1.82, 2.24) is 4.90 Å². The third-order valence-electron chi connectivity index (χ3n) is 5.37. The first-order valence-corrected chi connectivity index (χ1v) is 7.95. The highest BCUT2D eigenvalue weighted by atomic mass is 16.5. The second kappa shape index (κ2) is 6.11. The first-order chi connectivity index (χ1) is 9.01. The summed E-state index contributed by atoms with van der Waals surface area (Å²) < 4.78 is 5.30. The van der Waals surface area contributed by atoms with Gasteiger partial charge in [-0.1, -0.05) is 20.3 Å². The van der Waals surface area contributed by atoms with Crippen molar-refractivity contribution in [2.45, 2.75) is 57.9 Å². The van der Waals surface area contributed by atoms with Crippen LogP contribution in [-0.4, -0.2) is 43.8 Å². The normalized spacial score (nSPS) is 33.5. The van der Waals surface area contributed by atoms with Gasteiger partial charge in [0.15, 0.2) is 0 Å². The minimum Gasteiger partial charge on any atom is -0.384 e. The van der Waals surface area contributed by atoms with Gasteiger partial charge in [0, 0.05) is 25.8 Å². The summed E-state index contributed by atoms with van der Waals surface area (Å²) in [4.78, 5) is 2.71. The van der Waals surface area contributed by atoms with Gasteiger partial charge in [-0.05, 0) is 56.5 Å². The van der Waals surface area contributed by atoms with Gasteiger partial charge in [-0.25, -0.2) is 0 Å². The van der Waals surface area contributed by atoms with Crippen molar-refractivity contribution in [3.05, 3.63) is 0 Å². The van der Waals surface area contributed by atoms with Gasteiger partial charge in [0.25, 0.3) is 0 Å². The Hall–Kier alpha value is -0.120. The predicted molar refractivity (Wildman–Crippen MR) is 80.2 cm³/mol. The van der Waals surface area contributed by atoms with Crippen molar-refractivity contribution in [2.24, 2.45) is 17.1 Å². The summed E-state index contributed by atoms with van der Waals surface area (Å²) in [7, 11) is 1.82. The molecule has 1 heterocycles. The molecule has 19 heavy (non-hydrogen) atoms. The Bertz CT molecular complexity index is 284. The van der Waals surface area contributed by atoms with Gasteiger partial charge in [0.1, 0.15) is 0 Å². The molecule has 2 aliphatic rings. The first kappa shape index (κ1) is 15.3. The zero-order valence-corrected chi connectivity index (χ0v) is 13.1. The number of nitrogens with two attached hydrogens (primary N) is 1. The third kappa shape index (κ3) is 3.50. The fourth-order valence-corrected chi connectivity index (χ4v) is 4.35. The van der Waals surface area contributed by atoms with E-state index in [-0.39, 0.29) is 5.54 Å². The number of methoxy groups -OCH3 is 1. The minimum absolute atomic E-state index is 0.278. The van der Waals surface area contributed by atoms with Gasteiger partial charge in [-0.15, -0.1) is 0 Å². The maximum atomic E-state index is 6.22. The lowest BCUT2D eigenvalue weighted by atomic mass is 9.67. The Labute approximate surface area is 118 Å². The highest BCUT2D eigenvalue weighted by Gasteiger charge is 2.43. The second-order valence-electron chi connectivity index (χ2n) is 7.51. The van der Waals surface area contributed by atoms with E-state index >= 15 is 0 Å². The van der Waals surface area contributed by atoms with E-state index in [2.05, 4.69) is 18.7 Å². The Morgan fingerprint density at radius 3 is 2.42 bits per heavy atom. The van der Waals surface area contributed by atoms with Crippen molar-refractivity contribution >= 4 is 0 Å². The molecule has 0 aromatic rings. The quantitative estimate of drug-likeness (QED) is 0.852. The number of piperidine rings is 1. The average molecular weight is 268 g/mol. The molecular formula is C16H32N2O. The Morgan fingerprint density at radius 1 is 1.21 bits per heavy atom. The van der Waals surface area contributed by atoms with Gasteiger partial charge in [0.2, 0.25) is 0 Å². The van der Waals surface area contributed by atoms with E-state index in [9.17, 15) is 0 Å². The first-order valence-electron chi connectivity index (χ1n) is 7.95. The lowest BCUT2D eigenvalue weighted by Crippen LogP contribution is -2.59. The van der Waals surface area contributed by atoms with Crippen molar-refractivity contribution in [3.63, 3.8) is 0 Å². The number of ether oxygens (including phenoxy) is 1. The molecular weight excluding hydrogens is 236 g/mol. The molecule has 0 bridgehead atoms. The number of nitrogens with zero attached hydrogens (tertiary/aromatic N) is 1. The Kier molecular flexibility index (Phi) is 4.91. The molecule has 0 amide bonds. The van der Waals surface area contributed by atoms with Gasteiger partial charge >= 0.3 is 0 Å². The molecule has 0 aromatic carbocycles. The molecule has 3 nitrogen and oxygen atoms in total. The van der Waals surface area contributed by atoms with E-state index in [1.54, 1.807) is 0 Å². The van der Waals surface area contributed by atoms with Crippen LogP contribution in [0.3, 0.4) is 0 Å². The molecule has 0 spiro atoms. The zero-order chi connectivity index (χ0) is 13.9. The van der Waals surface area contributed by atoms with E-state index in [4.69, 9.17) is 10.5 Å². The van der Waals surface area contributed by atoms with Crippen LogP contribution in [0.2, 0.25) is 0 Å².